The van der Waals surface area contributed by atoms with Crippen molar-refractivity contribution < 1.29 is 14.6 Å². The van der Waals surface area contributed by atoms with Crippen LogP contribution in [-0.2, 0) is 19.6 Å². The van der Waals surface area contributed by atoms with E-state index in [1.165, 1.54) is 30.3 Å². The Kier molecular flexibility index (Phi) is 4.18. The highest BCUT2D eigenvalue weighted by Gasteiger charge is 2.27. The van der Waals surface area contributed by atoms with Gasteiger partial charge in [-0.3, -0.25) is 9.99 Å². The highest BCUT2D eigenvalue weighted by atomic mass is 19.1. The first kappa shape index (κ1) is 16.4. The molecule has 1 aromatic heterocycles. The average Bonchev–Trinajstić information content (AvgIpc) is 2.64. The number of fused-ring (bicyclic) bond motifs is 1. The molecule has 0 radical (unpaired) electrons. The van der Waals surface area contributed by atoms with Crippen molar-refractivity contribution in [3.05, 3.63) is 83.4 Å². The second-order valence-electron chi connectivity index (χ2n) is 6.32. The lowest BCUT2D eigenvalue weighted by atomic mass is 10.0. The molecule has 0 atom stereocenters. The summed E-state index contributed by atoms with van der Waals surface area (Å²) in [5.74, 6) is -0.166. The number of rotatable bonds is 3. The van der Waals surface area contributed by atoms with Crippen LogP contribution in [-0.4, -0.2) is 20.2 Å². The summed E-state index contributed by atoms with van der Waals surface area (Å²) in [7, 11) is 0. The predicted molar refractivity (Wildman–Crippen MR) is 95.8 cm³/mol. The third kappa shape index (κ3) is 3.19. The Labute approximate surface area is 150 Å². The molecule has 2 heterocycles. The Morgan fingerprint density at radius 2 is 1.73 bits per heavy atom. The standard InChI is InChI=1S/C20H18FN3O2/c21-17-2-1-15-12-23(11-14-5-7-22-8-6-14)24(13-16(15)9-17)19-10-18(25)3-4-20(19)26/h1-10,25-26H,11-13H2. The summed E-state index contributed by atoms with van der Waals surface area (Å²) in [5, 5.41) is 24.1. The molecule has 0 bridgehead atoms. The lowest BCUT2D eigenvalue weighted by Gasteiger charge is -2.41. The zero-order chi connectivity index (χ0) is 18.1. The summed E-state index contributed by atoms with van der Waals surface area (Å²) in [6.45, 7) is 1.55. The Morgan fingerprint density at radius 3 is 2.54 bits per heavy atom. The van der Waals surface area contributed by atoms with Crippen molar-refractivity contribution in [1.82, 2.24) is 9.99 Å². The first-order valence-electron chi connectivity index (χ1n) is 8.31. The maximum atomic E-state index is 13.7. The normalized spacial score (nSPS) is 14.3. The summed E-state index contributed by atoms with van der Waals surface area (Å²) in [6, 6.07) is 13.0. The second kappa shape index (κ2) is 6.65. The molecule has 2 N–H and O–H groups in total. The number of hydrogen-bond acceptors (Lipinski definition) is 5. The van der Waals surface area contributed by atoms with E-state index < -0.39 is 0 Å². The zero-order valence-electron chi connectivity index (χ0n) is 14.0. The van der Waals surface area contributed by atoms with Gasteiger partial charge < -0.3 is 10.2 Å². The van der Waals surface area contributed by atoms with Gasteiger partial charge in [0.2, 0.25) is 0 Å². The molecule has 1 aliphatic rings. The molecular formula is C20H18FN3O2. The molecule has 0 saturated carbocycles. The number of nitrogens with zero attached hydrogens (tertiary/aromatic N) is 3. The Hall–Kier alpha value is -3.12. The van der Waals surface area contributed by atoms with Crippen LogP contribution in [0.5, 0.6) is 11.5 Å². The molecule has 132 valence electrons. The molecule has 0 aliphatic carbocycles. The highest BCUT2D eigenvalue weighted by Crippen LogP contribution is 2.36. The van der Waals surface area contributed by atoms with Gasteiger partial charge in [-0.1, -0.05) is 6.07 Å². The maximum Gasteiger partial charge on any atom is 0.140 e. The Bertz CT molecular complexity index is 934. The molecule has 0 fully saturated rings. The van der Waals surface area contributed by atoms with Gasteiger partial charge in [-0.2, -0.15) is 0 Å². The van der Waals surface area contributed by atoms with Crippen molar-refractivity contribution in [2.24, 2.45) is 0 Å². The monoisotopic (exact) mass is 351 g/mol. The number of phenolic OH excluding ortho intramolecular Hbond substituents is 2. The number of anilines is 1. The van der Waals surface area contributed by atoms with E-state index in [1.54, 1.807) is 18.5 Å². The minimum atomic E-state index is -0.286. The van der Waals surface area contributed by atoms with E-state index in [4.69, 9.17) is 0 Å². The van der Waals surface area contributed by atoms with Gasteiger partial charge in [0.25, 0.3) is 0 Å². The van der Waals surface area contributed by atoms with Crippen LogP contribution in [0.2, 0.25) is 0 Å². The van der Waals surface area contributed by atoms with Crippen LogP contribution in [0.3, 0.4) is 0 Å². The van der Waals surface area contributed by atoms with Gasteiger partial charge in [0.1, 0.15) is 17.3 Å². The van der Waals surface area contributed by atoms with Crippen molar-refractivity contribution >= 4 is 5.69 Å². The topological polar surface area (TPSA) is 59.8 Å². The number of hydrogen-bond donors (Lipinski definition) is 2. The van der Waals surface area contributed by atoms with Gasteiger partial charge in [0.15, 0.2) is 0 Å². The number of aromatic hydroxyl groups is 2. The van der Waals surface area contributed by atoms with Crippen molar-refractivity contribution in [2.45, 2.75) is 19.6 Å². The maximum absolute atomic E-state index is 13.7. The smallest absolute Gasteiger partial charge is 0.140 e. The molecule has 0 unspecified atom stereocenters. The Balaban J connectivity index is 1.75. The zero-order valence-corrected chi connectivity index (χ0v) is 14.0. The van der Waals surface area contributed by atoms with E-state index in [0.29, 0.717) is 25.3 Å². The molecule has 3 aromatic rings. The van der Waals surface area contributed by atoms with Crippen LogP contribution in [0.15, 0.2) is 60.9 Å². The van der Waals surface area contributed by atoms with E-state index in [-0.39, 0.29) is 17.3 Å². The third-order valence-corrected chi connectivity index (χ3v) is 4.53. The Morgan fingerprint density at radius 1 is 0.923 bits per heavy atom. The minimum absolute atomic E-state index is 0.0578. The molecule has 0 saturated heterocycles. The third-order valence-electron chi connectivity index (χ3n) is 4.53. The van der Waals surface area contributed by atoms with Crippen molar-refractivity contribution in [2.75, 3.05) is 5.01 Å². The number of halogens is 1. The number of phenols is 2. The molecular weight excluding hydrogens is 333 g/mol. The van der Waals surface area contributed by atoms with Gasteiger partial charge >= 0.3 is 0 Å². The molecule has 1 aliphatic heterocycles. The summed E-state index contributed by atoms with van der Waals surface area (Å²) in [5.41, 5.74) is 3.44. The van der Waals surface area contributed by atoms with Crippen LogP contribution < -0.4 is 5.01 Å². The summed E-state index contributed by atoms with van der Waals surface area (Å²) >= 11 is 0. The van der Waals surface area contributed by atoms with Gasteiger partial charge in [0.05, 0.1) is 12.2 Å². The van der Waals surface area contributed by atoms with E-state index in [1.807, 2.05) is 17.1 Å². The fourth-order valence-corrected chi connectivity index (χ4v) is 3.24. The van der Waals surface area contributed by atoms with Crippen molar-refractivity contribution in [1.29, 1.82) is 0 Å². The lowest BCUT2D eigenvalue weighted by molar-refractivity contribution is 0.210. The fraction of sp³-hybridized carbons (Fsp3) is 0.150. The number of benzene rings is 2. The van der Waals surface area contributed by atoms with Gasteiger partial charge in [-0.05, 0) is 53.1 Å². The molecule has 5 nitrogen and oxygen atoms in total. The molecule has 0 spiro atoms. The molecule has 0 amide bonds. The van der Waals surface area contributed by atoms with Crippen LogP contribution in [0.4, 0.5) is 10.1 Å². The van der Waals surface area contributed by atoms with Gasteiger partial charge in [0, 0.05) is 31.5 Å². The van der Waals surface area contributed by atoms with E-state index >= 15 is 0 Å². The quantitative estimate of drug-likeness (QED) is 0.707. The van der Waals surface area contributed by atoms with Gasteiger partial charge in [-0.15, -0.1) is 0 Å². The van der Waals surface area contributed by atoms with Crippen LogP contribution >= 0.6 is 0 Å². The molecule has 4 rings (SSSR count). The number of hydrazine groups is 1. The summed E-state index contributed by atoms with van der Waals surface area (Å²) < 4.78 is 13.7. The van der Waals surface area contributed by atoms with Crippen molar-refractivity contribution in [3.8, 4) is 11.5 Å². The van der Waals surface area contributed by atoms with Crippen LogP contribution in [0, 0.1) is 5.82 Å². The average molecular weight is 351 g/mol. The van der Waals surface area contributed by atoms with Crippen LogP contribution in [0.25, 0.3) is 0 Å². The van der Waals surface area contributed by atoms with E-state index in [2.05, 4.69) is 9.99 Å². The second-order valence-corrected chi connectivity index (χ2v) is 6.32. The molecule has 6 heteroatoms. The predicted octanol–water partition coefficient (Wildman–Crippen LogP) is 3.57. The van der Waals surface area contributed by atoms with Crippen LogP contribution in [0.1, 0.15) is 16.7 Å². The minimum Gasteiger partial charge on any atom is -0.508 e. The van der Waals surface area contributed by atoms with E-state index in [0.717, 1.165) is 16.7 Å². The first-order valence-corrected chi connectivity index (χ1v) is 8.31. The lowest BCUT2D eigenvalue weighted by Crippen LogP contribution is -2.45. The molecule has 26 heavy (non-hydrogen) atoms. The first-order chi connectivity index (χ1) is 12.6. The fourth-order valence-electron chi connectivity index (χ4n) is 3.24. The van der Waals surface area contributed by atoms with E-state index in [9.17, 15) is 14.6 Å². The number of aromatic nitrogens is 1. The largest absolute Gasteiger partial charge is 0.508 e. The number of pyridine rings is 1. The summed E-state index contributed by atoms with van der Waals surface area (Å²) in [6.07, 6.45) is 3.47. The highest BCUT2D eigenvalue weighted by molar-refractivity contribution is 5.61. The molecule has 2 aromatic carbocycles. The van der Waals surface area contributed by atoms with Gasteiger partial charge in [-0.25, -0.2) is 9.40 Å². The SMILES string of the molecule is Oc1ccc(O)c(N2Cc3cc(F)ccc3CN2Cc2ccncc2)c1. The summed E-state index contributed by atoms with van der Waals surface area (Å²) in [4.78, 5) is 4.04. The van der Waals surface area contributed by atoms with Crippen molar-refractivity contribution in [3.63, 3.8) is 0 Å².